The van der Waals surface area contributed by atoms with E-state index in [0.29, 0.717) is 25.8 Å². The molecule has 0 amide bonds. The minimum Gasteiger partial charge on any atom is -0.481 e. The second kappa shape index (κ2) is 4.94. The summed E-state index contributed by atoms with van der Waals surface area (Å²) in [5.41, 5.74) is -0.903. The van der Waals surface area contributed by atoms with Crippen molar-refractivity contribution in [3.63, 3.8) is 0 Å². The number of nitrogens with zero attached hydrogens (tertiary/aromatic N) is 1. The molecule has 0 bridgehead atoms. The zero-order chi connectivity index (χ0) is 13.3. The Balaban J connectivity index is 2.98. The fraction of sp³-hybridized carbons (Fsp3) is 0.909. The number of rotatable bonds is 4. The van der Waals surface area contributed by atoms with E-state index >= 15 is 0 Å². The zero-order valence-corrected chi connectivity index (χ0v) is 11.5. The molecule has 0 spiro atoms. The largest absolute Gasteiger partial charge is 0.481 e. The lowest BCUT2D eigenvalue weighted by molar-refractivity contribution is -0.151. The van der Waals surface area contributed by atoms with Crippen LogP contribution >= 0.6 is 0 Å². The molecule has 1 fully saturated rings. The molecular weight excluding hydrogens is 242 g/mol. The molecule has 1 aliphatic heterocycles. The first kappa shape index (κ1) is 14.4. The van der Waals surface area contributed by atoms with Gasteiger partial charge >= 0.3 is 5.97 Å². The van der Waals surface area contributed by atoms with Gasteiger partial charge in [-0.15, -0.1) is 0 Å². The molecule has 0 aliphatic carbocycles. The van der Waals surface area contributed by atoms with Crippen LogP contribution in [0.15, 0.2) is 0 Å². The number of hydrogen-bond acceptors (Lipinski definition) is 3. The SMILES string of the molecule is CCC1(C(=O)O)CCCN(S(=O)(=O)C(C)C)C1. The Morgan fingerprint density at radius 3 is 2.47 bits per heavy atom. The minimum atomic E-state index is -3.34. The molecule has 1 rings (SSSR count). The summed E-state index contributed by atoms with van der Waals surface area (Å²) in [4.78, 5) is 11.3. The first-order valence-electron chi connectivity index (χ1n) is 5.98. The smallest absolute Gasteiger partial charge is 0.310 e. The third-order valence-electron chi connectivity index (χ3n) is 3.63. The van der Waals surface area contributed by atoms with Crippen molar-refractivity contribution >= 4 is 16.0 Å². The lowest BCUT2D eigenvalue weighted by Crippen LogP contribution is -2.51. The minimum absolute atomic E-state index is 0.110. The molecule has 1 N–H and O–H groups in total. The van der Waals surface area contributed by atoms with E-state index < -0.39 is 26.7 Å². The quantitative estimate of drug-likeness (QED) is 0.829. The van der Waals surface area contributed by atoms with Crippen molar-refractivity contribution < 1.29 is 18.3 Å². The lowest BCUT2D eigenvalue weighted by atomic mass is 9.78. The van der Waals surface area contributed by atoms with E-state index in [1.165, 1.54) is 4.31 Å². The summed E-state index contributed by atoms with van der Waals surface area (Å²) in [6, 6.07) is 0. The molecule has 1 unspecified atom stereocenters. The van der Waals surface area contributed by atoms with Crippen LogP contribution < -0.4 is 0 Å². The van der Waals surface area contributed by atoms with Gasteiger partial charge in [-0.2, -0.15) is 0 Å². The maximum absolute atomic E-state index is 12.0. The van der Waals surface area contributed by atoms with E-state index in [2.05, 4.69) is 0 Å². The summed E-state index contributed by atoms with van der Waals surface area (Å²) in [7, 11) is -3.34. The number of aliphatic carboxylic acids is 1. The second-order valence-electron chi connectivity index (χ2n) is 4.97. The Labute approximate surface area is 103 Å². The van der Waals surface area contributed by atoms with Gasteiger partial charge in [0.05, 0.1) is 10.7 Å². The number of carbonyl (C=O) groups is 1. The standard InChI is InChI=1S/C11H21NO4S/c1-4-11(10(13)14)6-5-7-12(8-11)17(15,16)9(2)3/h9H,4-8H2,1-3H3,(H,13,14). The van der Waals surface area contributed by atoms with E-state index in [9.17, 15) is 18.3 Å². The molecule has 0 aromatic heterocycles. The molecule has 1 heterocycles. The predicted molar refractivity (Wildman–Crippen MR) is 65.2 cm³/mol. The molecule has 5 nitrogen and oxygen atoms in total. The number of piperidine rings is 1. The maximum atomic E-state index is 12.0. The molecule has 1 saturated heterocycles. The second-order valence-corrected chi connectivity index (χ2v) is 7.46. The van der Waals surface area contributed by atoms with Crippen molar-refractivity contribution in [1.29, 1.82) is 0 Å². The fourth-order valence-electron chi connectivity index (χ4n) is 2.22. The first-order chi connectivity index (χ1) is 7.76. The van der Waals surface area contributed by atoms with Crippen molar-refractivity contribution in [1.82, 2.24) is 4.31 Å². The number of sulfonamides is 1. The van der Waals surface area contributed by atoms with Crippen LogP contribution in [0.1, 0.15) is 40.0 Å². The molecule has 100 valence electrons. The van der Waals surface area contributed by atoms with E-state index in [4.69, 9.17) is 0 Å². The topological polar surface area (TPSA) is 74.7 Å². The van der Waals surface area contributed by atoms with Crippen molar-refractivity contribution in [2.75, 3.05) is 13.1 Å². The molecule has 6 heteroatoms. The fourth-order valence-corrected chi connectivity index (χ4v) is 3.63. The Hall–Kier alpha value is -0.620. The molecular formula is C11H21NO4S. The normalized spacial score (nSPS) is 27.3. The van der Waals surface area contributed by atoms with Gasteiger partial charge in [-0.05, 0) is 33.1 Å². The zero-order valence-electron chi connectivity index (χ0n) is 10.6. The summed E-state index contributed by atoms with van der Waals surface area (Å²) in [5, 5.41) is 8.79. The van der Waals surface area contributed by atoms with Crippen molar-refractivity contribution in [2.45, 2.75) is 45.3 Å². The van der Waals surface area contributed by atoms with Crippen LogP contribution in [0, 0.1) is 5.41 Å². The predicted octanol–water partition coefficient (Wildman–Crippen LogP) is 1.30. The summed E-state index contributed by atoms with van der Waals surface area (Å²) < 4.78 is 25.4. The van der Waals surface area contributed by atoms with Crippen molar-refractivity contribution in [3.8, 4) is 0 Å². The molecule has 0 aromatic carbocycles. The summed E-state index contributed by atoms with van der Waals surface area (Å²) in [5.74, 6) is -0.886. The first-order valence-corrected chi connectivity index (χ1v) is 7.49. The van der Waals surface area contributed by atoms with Crippen LogP contribution in [0.2, 0.25) is 0 Å². The van der Waals surface area contributed by atoms with E-state index in [-0.39, 0.29) is 6.54 Å². The van der Waals surface area contributed by atoms with Crippen LogP contribution in [0.25, 0.3) is 0 Å². The molecule has 0 radical (unpaired) electrons. The average molecular weight is 263 g/mol. The van der Waals surface area contributed by atoms with Gasteiger partial charge in [0.15, 0.2) is 0 Å². The molecule has 0 aromatic rings. The number of hydrogen-bond donors (Lipinski definition) is 1. The van der Waals surface area contributed by atoms with Gasteiger partial charge in [-0.1, -0.05) is 6.92 Å². The molecule has 1 aliphatic rings. The highest BCUT2D eigenvalue weighted by atomic mass is 32.2. The summed E-state index contributed by atoms with van der Waals surface area (Å²) in [6.07, 6.45) is 1.64. The van der Waals surface area contributed by atoms with Crippen LogP contribution in [0.4, 0.5) is 0 Å². The van der Waals surface area contributed by atoms with E-state index in [0.717, 1.165) is 0 Å². The molecule has 17 heavy (non-hydrogen) atoms. The van der Waals surface area contributed by atoms with Gasteiger partial charge in [0.1, 0.15) is 0 Å². The van der Waals surface area contributed by atoms with Crippen LogP contribution in [0.3, 0.4) is 0 Å². The highest BCUT2D eigenvalue weighted by molar-refractivity contribution is 7.89. The van der Waals surface area contributed by atoms with E-state index in [1.54, 1.807) is 20.8 Å². The summed E-state index contributed by atoms with van der Waals surface area (Å²) >= 11 is 0. The van der Waals surface area contributed by atoms with Gasteiger partial charge in [-0.25, -0.2) is 12.7 Å². The third-order valence-corrected chi connectivity index (χ3v) is 5.85. The van der Waals surface area contributed by atoms with Crippen molar-refractivity contribution in [2.24, 2.45) is 5.41 Å². The Bertz CT molecular complexity index is 390. The number of carboxylic acid groups (broad SMARTS) is 1. The van der Waals surface area contributed by atoms with Crippen LogP contribution in [0.5, 0.6) is 0 Å². The number of carboxylic acids is 1. The molecule has 1 atom stereocenters. The monoisotopic (exact) mass is 263 g/mol. The highest BCUT2D eigenvalue weighted by Crippen LogP contribution is 2.35. The third kappa shape index (κ3) is 2.63. The van der Waals surface area contributed by atoms with Crippen molar-refractivity contribution in [3.05, 3.63) is 0 Å². The highest BCUT2D eigenvalue weighted by Gasteiger charge is 2.44. The lowest BCUT2D eigenvalue weighted by Gasteiger charge is -2.39. The van der Waals surface area contributed by atoms with Gasteiger partial charge < -0.3 is 5.11 Å². The van der Waals surface area contributed by atoms with Gasteiger partial charge in [0.2, 0.25) is 10.0 Å². The van der Waals surface area contributed by atoms with Gasteiger partial charge in [0, 0.05) is 13.1 Å². The average Bonchev–Trinajstić information content (AvgIpc) is 2.28. The summed E-state index contributed by atoms with van der Waals surface area (Å²) in [6.45, 7) is 5.60. The van der Waals surface area contributed by atoms with Crippen LogP contribution in [-0.4, -0.2) is 42.1 Å². The van der Waals surface area contributed by atoms with E-state index in [1.807, 2.05) is 0 Å². The Morgan fingerprint density at radius 2 is 2.06 bits per heavy atom. The Morgan fingerprint density at radius 1 is 1.47 bits per heavy atom. The van der Waals surface area contributed by atoms with Gasteiger partial charge in [-0.3, -0.25) is 4.79 Å². The van der Waals surface area contributed by atoms with Crippen LogP contribution in [-0.2, 0) is 14.8 Å². The Kier molecular flexibility index (Phi) is 4.19. The maximum Gasteiger partial charge on any atom is 0.310 e. The van der Waals surface area contributed by atoms with Gasteiger partial charge in [0.25, 0.3) is 0 Å². The molecule has 0 saturated carbocycles.